The van der Waals surface area contributed by atoms with E-state index in [0.29, 0.717) is 0 Å². The minimum atomic E-state index is -0.154. The number of benzene rings is 6. The average molecular weight is 574 g/mol. The van der Waals surface area contributed by atoms with E-state index in [1.807, 2.05) is 0 Å². The summed E-state index contributed by atoms with van der Waals surface area (Å²) < 4.78 is 9.36. The lowest BCUT2D eigenvalue weighted by Gasteiger charge is -2.44. The zero-order chi connectivity index (χ0) is 29.6. The molecule has 6 aromatic carbocycles. The van der Waals surface area contributed by atoms with E-state index >= 15 is 0 Å². The van der Waals surface area contributed by atoms with Gasteiger partial charge in [0.25, 0.3) is 0 Å². The second kappa shape index (κ2) is 7.97. The van der Waals surface area contributed by atoms with E-state index in [-0.39, 0.29) is 12.3 Å². The van der Waals surface area contributed by atoms with Gasteiger partial charge in [-0.1, -0.05) is 111 Å². The van der Waals surface area contributed by atoms with Crippen LogP contribution in [0.25, 0.3) is 44.3 Å². The third-order valence-electron chi connectivity index (χ3n) is 10.7. The summed E-state index contributed by atoms with van der Waals surface area (Å²) in [4.78, 5) is 2.47. The van der Waals surface area contributed by atoms with E-state index in [0.717, 1.165) is 22.9 Å². The molecule has 4 aliphatic rings. The predicted octanol–water partition coefficient (Wildman–Crippen LogP) is 9.14. The molecule has 7 aromatic rings. The highest BCUT2D eigenvalue weighted by molar-refractivity contribution is 6.89. The van der Waals surface area contributed by atoms with Gasteiger partial charge < -0.3 is 14.1 Å². The number of rotatable bonds is 1. The van der Waals surface area contributed by atoms with Crippen molar-refractivity contribution in [2.45, 2.75) is 19.3 Å². The largest absolute Gasteiger partial charge is 0.453 e. The van der Waals surface area contributed by atoms with Crippen LogP contribution in [-0.2, 0) is 5.41 Å². The molecule has 45 heavy (non-hydrogen) atoms. The van der Waals surface area contributed by atoms with Crippen molar-refractivity contribution in [2.75, 3.05) is 4.90 Å². The summed E-state index contributed by atoms with van der Waals surface area (Å²) in [7, 11) is 0. The first-order chi connectivity index (χ1) is 22.1. The van der Waals surface area contributed by atoms with Gasteiger partial charge in [0.1, 0.15) is 0 Å². The lowest BCUT2D eigenvalue weighted by molar-refractivity contribution is 0.477. The fourth-order valence-corrected chi connectivity index (χ4v) is 8.95. The first-order valence-corrected chi connectivity index (χ1v) is 15.8. The molecule has 11 rings (SSSR count). The van der Waals surface area contributed by atoms with E-state index in [2.05, 4.69) is 151 Å². The summed E-state index contributed by atoms with van der Waals surface area (Å²) in [5.74, 6) is 1.79. The lowest BCUT2D eigenvalue weighted by atomic mass is 9.44. The van der Waals surface area contributed by atoms with E-state index < -0.39 is 0 Å². The highest BCUT2D eigenvalue weighted by atomic mass is 16.5. The number of para-hydroxylation sites is 4. The van der Waals surface area contributed by atoms with Crippen LogP contribution in [-0.4, -0.2) is 11.3 Å². The Labute approximate surface area is 262 Å². The minimum absolute atomic E-state index is 0.00891. The maximum atomic E-state index is 6.65. The molecular formula is C41H27BN2O. The van der Waals surface area contributed by atoms with Crippen LogP contribution in [0.3, 0.4) is 0 Å². The predicted molar refractivity (Wildman–Crippen MR) is 186 cm³/mol. The third-order valence-corrected chi connectivity index (χ3v) is 10.7. The Morgan fingerprint density at radius 2 is 1.38 bits per heavy atom. The SMILES string of the molecule is CC1(C)c2ccccc2-c2c1n1c3c(cccc23)-c2cc(-c3ccccc3)cc3c2B1c1cccc2c1N3c1ccccc1O2. The number of aromatic nitrogens is 1. The van der Waals surface area contributed by atoms with Crippen molar-refractivity contribution in [3.63, 3.8) is 0 Å². The third kappa shape index (κ3) is 2.76. The molecule has 0 amide bonds. The van der Waals surface area contributed by atoms with Crippen LogP contribution in [0, 0.1) is 0 Å². The summed E-state index contributed by atoms with van der Waals surface area (Å²) >= 11 is 0. The van der Waals surface area contributed by atoms with Gasteiger partial charge in [-0.25, -0.2) is 0 Å². The Balaban J connectivity index is 1.34. The molecule has 210 valence electrons. The molecule has 3 nitrogen and oxygen atoms in total. The van der Waals surface area contributed by atoms with Gasteiger partial charge in [-0.2, -0.15) is 0 Å². The first-order valence-electron chi connectivity index (χ1n) is 15.8. The fourth-order valence-electron chi connectivity index (χ4n) is 8.95. The monoisotopic (exact) mass is 574 g/mol. The molecule has 4 heteroatoms. The van der Waals surface area contributed by atoms with Crippen molar-refractivity contribution < 1.29 is 4.74 Å². The van der Waals surface area contributed by atoms with Gasteiger partial charge in [0.05, 0.1) is 11.4 Å². The molecule has 0 atom stereocenters. The van der Waals surface area contributed by atoms with E-state index in [1.165, 1.54) is 72.2 Å². The standard InChI is InChI=1S/C41H27BN2O/c1-41(2)30-17-7-6-14-27(30)36-28-16-10-15-26-29-22-25(24-12-4-3-5-13-24)23-33-37(29)42(44(38(26)28)40(36)41)31-18-11-21-35-39(31)43(33)32-19-8-9-20-34(32)45-35/h3-23H,1-2H3. The van der Waals surface area contributed by atoms with Crippen molar-refractivity contribution in [1.82, 2.24) is 4.48 Å². The molecule has 0 N–H and O–H groups in total. The topological polar surface area (TPSA) is 17.4 Å². The van der Waals surface area contributed by atoms with E-state index in [4.69, 9.17) is 4.74 Å². The summed E-state index contributed by atoms with van der Waals surface area (Å²) in [6.07, 6.45) is 0. The fraction of sp³-hybridized carbons (Fsp3) is 0.0732. The molecule has 0 unspecified atom stereocenters. The number of nitrogens with zero attached hydrogens (tertiary/aromatic N) is 2. The van der Waals surface area contributed by atoms with Gasteiger partial charge in [-0.15, -0.1) is 0 Å². The minimum Gasteiger partial charge on any atom is -0.453 e. The van der Waals surface area contributed by atoms with Crippen molar-refractivity contribution in [1.29, 1.82) is 0 Å². The van der Waals surface area contributed by atoms with Crippen LogP contribution < -0.4 is 20.6 Å². The van der Waals surface area contributed by atoms with Crippen LogP contribution in [0.1, 0.15) is 25.1 Å². The van der Waals surface area contributed by atoms with Crippen LogP contribution >= 0.6 is 0 Å². The van der Waals surface area contributed by atoms with Gasteiger partial charge in [-0.3, -0.25) is 0 Å². The van der Waals surface area contributed by atoms with Crippen molar-refractivity contribution in [3.8, 4) is 44.9 Å². The van der Waals surface area contributed by atoms with Crippen molar-refractivity contribution in [2.24, 2.45) is 0 Å². The Morgan fingerprint density at radius 3 is 2.29 bits per heavy atom. The van der Waals surface area contributed by atoms with Crippen LogP contribution in [0.15, 0.2) is 127 Å². The average Bonchev–Trinajstić information content (AvgIpc) is 3.55. The zero-order valence-electron chi connectivity index (χ0n) is 25.0. The van der Waals surface area contributed by atoms with E-state index in [1.54, 1.807) is 0 Å². The van der Waals surface area contributed by atoms with Gasteiger partial charge in [0, 0.05) is 38.8 Å². The highest BCUT2D eigenvalue weighted by Crippen LogP contribution is 2.57. The number of ether oxygens (including phenoxy) is 1. The van der Waals surface area contributed by atoms with Crippen LogP contribution in [0.5, 0.6) is 11.5 Å². The Morgan fingerprint density at radius 1 is 0.622 bits per heavy atom. The van der Waals surface area contributed by atoms with Crippen LogP contribution in [0.4, 0.5) is 17.1 Å². The van der Waals surface area contributed by atoms with Crippen molar-refractivity contribution in [3.05, 3.63) is 139 Å². The van der Waals surface area contributed by atoms with Gasteiger partial charge in [0.15, 0.2) is 11.5 Å². The normalized spacial score (nSPS) is 15.2. The number of hydrogen-bond acceptors (Lipinski definition) is 2. The van der Waals surface area contributed by atoms with E-state index in [9.17, 15) is 0 Å². The Bertz CT molecular complexity index is 2460. The van der Waals surface area contributed by atoms with Gasteiger partial charge >= 0.3 is 6.85 Å². The number of hydrogen-bond donors (Lipinski definition) is 0. The summed E-state index contributed by atoms with van der Waals surface area (Å²) in [5.41, 5.74) is 17.9. The Kier molecular flexibility index (Phi) is 4.23. The number of anilines is 3. The smallest absolute Gasteiger partial charge is 0.333 e. The molecule has 0 radical (unpaired) electrons. The maximum absolute atomic E-state index is 6.65. The molecule has 0 spiro atoms. The van der Waals surface area contributed by atoms with Crippen LogP contribution in [0.2, 0.25) is 0 Å². The lowest BCUT2D eigenvalue weighted by Crippen LogP contribution is -2.58. The zero-order valence-corrected chi connectivity index (χ0v) is 25.0. The Hall–Kier alpha value is -5.48. The summed E-state index contributed by atoms with van der Waals surface area (Å²) in [6, 6.07) is 46.7. The summed E-state index contributed by atoms with van der Waals surface area (Å²) in [5, 5.41) is 1.34. The molecule has 1 aliphatic carbocycles. The molecule has 0 bridgehead atoms. The molecule has 1 aromatic heterocycles. The number of fused-ring (bicyclic) bond motifs is 11. The quantitative estimate of drug-likeness (QED) is 0.182. The molecule has 0 saturated carbocycles. The summed E-state index contributed by atoms with van der Waals surface area (Å²) in [6.45, 7) is 4.82. The first kappa shape index (κ1) is 23.9. The van der Waals surface area contributed by atoms with Crippen molar-refractivity contribution >= 4 is 45.7 Å². The molecule has 0 saturated heterocycles. The highest BCUT2D eigenvalue weighted by Gasteiger charge is 2.50. The molecular weight excluding hydrogens is 547 g/mol. The second-order valence-corrected chi connectivity index (χ2v) is 13.3. The maximum Gasteiger partial charge on any atom is 0.333 e. The van der Waals surface area contributed by atoms with Gasteiger partial charge in [-0.05, 0) is 69.1 Å². The van der Waals surface area contributed by atoms with Gasteiger partial charge in [0.2, 0.25) is 0 Å². The second-order valence-electron chi connectivity index (χ2n) is 13.3. The molecule has 3 aliphatic heterocycles. The molecule has 4 heterocycles. The molecule has 0 fully saturated rings.